The van der Waals surface area contributed by atoms with Crippen molar-refractivity contribution in [3.63, 3.8) is 0 Å². The van der Waals surface area contributed by atoms with E-state index in [1.165, 1.54) is 45.2 Å². The van der Waals surface area contributed by atoms with Gasteiger partial charge in [0.15, 0.2) is 5.65 Å². The summed E-state index contributed by atoms with van der Waals surface area (Å²) in [6, 6.07) is 0. The van der Waals surface area contributed by atoms with E-state index in [0.29, 0.717) is 17.6 Å². The van der Waals surface area contributed by atoms with Crippen LogP contribution in [0.1, 0.15) is 28.4 Å². The van der Waals surface area contributed by atoms with E-state index in [-0.39, 0.29) is 18.0 Å². The number of hydrogen-bond donors (Lipinski definition) is 1. The smallest absolute Gasteiger partial charge is 0.264 e. The zero-order valence-corrected chi connectivity index (χ0v) is 15.4. The molecule has 1 N–H and O–H groups in total. The third kappa shape index (κ3) is 3.26. The number of amides is 1. The normalized spacial score (nSPS) is 13.7. The van der Waals surface area contributed by atoms with Crippen LogP contribution in [0, 0.1) is 0 Å². The minimum Gasteiger partial charge on any atom is -0.354 e. The second-order valence-corrected chi connectivity index (χ2v) is 7.64. The first-order valence-corrected chi connectivity index (χ1v) is 9.55. The Morgan fingerprint density at radius 3 is 3.04 bits per heavy atom. The molecule has 1 aliphatic rings. The van der Waals surface area contributed by atoms with E-state index in [1.54, 1.807) is 18.4 Å². The number of nitrogens with zero attached hydrogens (tertiary/aromatic N) is 5. The Morgan fingerprint density at radius 2 is 2.19 bits per heavy atom. The molecule has 3 aromatic heterocycles. The minimum atomic E-state index is -0.258. The maximum Gasteiger partial charge on any atom is 0.264 e. The fraction of sp³-hybridized carbons (Fsp3) is 0.471. The van der Waals surface area contributed by atoms with Crippen molar-refractivity contribution in [2.45, 2.75) is 38.6 Å². The largest absolute Gasteiger partial charge is 0.354 e. The number of carbonyl (C=O) groups is 1. The molecule has 9 heteroatoms. The molecule has 0 aromatic carbocycles. The van der Waals surface area contributed by atoms with Crippen molar-refractivity contribution in [3.8, 4) is 0 Å². The lowest BCUT2D eigenvalue weighted by Gasteiger charge is -2.06. The first-order valence-electron chi connectivity index (χ1n) is 8.73. The Hall–Kier alpha value is -2.55. The van der Waals surface area contributed by atoms with Crippen molar-refractivity contribution in [3.05, 3.63) is 38.5 Å². The van der Waals surface area contributed by atoms with Crippen LogP contribution in [0.25, 0.3) is 11.0 Å². The highest BCUT2D eigenvalue weighted by molar-refractivity contribution is 7.11. The van der Waals surface area contributed by atoms with Crippen molar-refractivity contribution in [1.29, 1.82) is 0 Å². The van der Waals surface area contributed by atoms with Gasteiger partial charge in [-0.25, -0.2) is 9.97 Å². The Morgan fingerprint density at radius 1 is 1.35 bits per heavy atom. The van der Waals surface area contributed by atoms with Crippen LogP contribution in [-0.4, -0.2) is 36.8 Å². The summed E-state index contributed by atoms with van der Waals surface area (Å²) >= 11 is 1.76. The standard InChI is InChI=1S/C17H20N6O2S/c1-22-16-11(8-20-22)17(25)23(10-19-16)9-14(24)18-7-6-15-21-12-4-2-3-5-13(12)26-15/h8,10H,2-7,9H2,1H3,(H,18,24). The summed E-state index contributed by atoms with van der Waals surface area (Å²) in [5, 5.41) is 8.37. The highest BCUT2D eigenvalue weighted by Gasteiger charge is 2.15. The maximum absolute atomic E-state index is 12.4. The molecule has 0 aliphatic heterocycles. The van der Waals surface area contributed by atoms with Gasteiger partial charge in [0.1, 0.15) is 18.3 Å². The number of aromatic nitrogens is 5. The topological polar surface area (TPSA) is 94.7 Å². The first kappa shape index (κ1) is 16.9. The molecule has 0 spiro atoms. The number of fused-ring (bicyclic) bond motifs is 2. The fourth-order valence-electron chi connectivity index (χ4n) is 3.21. The monoisotopic (exact) mass is 372 g/mol. The summed E-state index contributed by atoms with van der Waals surface area (Å²) in [5.41, 5.74) is 1.50. The second-order valence-electron chi connectivity index (χ2n) is 6.47. The Labute approximate surface area is 153 Å². The molecule has 0 unspecified atom stereocenters. The average Bonchev–Trinajstić information content (AvgIpc) is 3.21. The van der Waals surface area contributed by atoms with E-state index in [1.807, 2.05) is 0 Å². The molecule has 0 saturated heterocycles. The van der Waals surface area contributed by atoms with Crippen LogP contribution in [0.3, 0.4) is 0 Å². The minimum absolute atomic E-state index is 0.0506. The Balaban J connectivity index is 1.35. The number of nitrogens with one attached hydrogen (secondary N) is 1. The molecular formula is C17H20N6O2S. The maximum atomic E-state index is 12.4. The highest BCUT2D eigenvalue weighted by Crippen LogP contribution is 2.26. The fourth-order valence-corrected chi connectivity index (χ4v) is 4.37. The van der Waals surface area contributed by atoms with Gasteiger partial charge in [0.05, 0.1) is 16.9 Å². The van der Waals surface area contributed by atoms with E-state index in [0.717, 1.165) is 24.3 Å². The molecular weight excluding hydrogens is 352 g/mol. The van der Waals surface area contributed by atoms with Crippen LogP contribution >= 0.6 is 11.3 Å². The van der Waals surface area contributed by atoms with Crippen molar-refractivity contribution in [2.24, 2.45) is 7.05 Å². The van der Waals surface area contributed by atoms with Gasteiger partial charge >= 0.3 is 0 Å². The van der Waals surface area contributed by atoms with Gasteiger partial charge in [-0.3, -0.25) is 18.8 Å². The van der Waals surface area contributed by atoms with E-state index < -0.39 is 0 Å². The van der Waals surface area contributed by atoms with Crippen LogP contribution in [0.15, 0.2) is 17.3 Å². The molecule has 0 radical (unpaired) electrons. The van der Waals surface area contributed by atoms with Crippen molar-refractivity contribution >= 4 is 28.3 Å². The number of aryl methyl sites for hydroxylation is 3. The lowest BCUT2D eigenvalue weighted by molar-refractivity contribution is -0.121. The predicted octanol–water partition coefficient (Wildman–Crippen LogP) is 0.824. The van der Waals surface area contributed by atoms with E-state index in [9.17, 15) is 9.59 Å². The van der Waals surface area contributed by atoms with Gasteiger partial charge < -0.3 is 5.32 Å². The SMILES string of the molecule is Cn1ncc2c(=O)n(CC(=O)NCCc3nc4c(s3)CCCC4)cnc21. The molecule has 26 heavy (non-hydrogen) atoms. The molecule has 3 heterocycles. The number of thiazole rings is 1. The molecule has 1 amide bonds. The van der Waals surface area contributed by atoms with E-state index >= 15 is 0 Å². The van der Waals surface area contributed by atoms with Gasteiger partial charge in [-0.1, -0.05) is 0 Å². The van der Waals surface area contributed by atoms with Crippen molar-refractivity contribution < 1.29 is 4.79 Å². The summed E-state index contributed by atoms with van der Waals surface area (Å²) in [6.07, 6.45) is 8.26. The van der Waals surface area contributed by atoms with Crippen LogP contribution in [0.2, 0.25) is 0 Å². The zero-order valence-electron chi connectivity index (χ0n) is 14.6. The summed E-state index contributed by atoms with van der Waals surface area (Å²) in [4.78, 5) is 34.8. The molecule has 0 atom stereocenters. The Bertz CT molecular complexity index is 995. The van der Waals surface area contributed by atoms with Crippen molar-refractivity contribution in [1.82, 2.24) is 29.6 Å². The highest BCUT2D eigenvalue weighted by atomic mass is 32.1. The Kier molecular flexibility index (Phi) is 4.54. The van der Waals surface area contributed by atoms with Gasteiger partial charge in [-0.05, 0) is 25.7 Å². The lowest BCUT2D eigenvalue weighted by Crippen LogP contribution is -2.33. The quantitative estimate of drug-likeness (QED) is 0.716. The third-order valence-electron chi connectivity index (χ3n) is 4.58. The van der Waals surface area contributed by atoms with Crippen LogP contribution in [0.4, 0.5) is 0 Å². The lowest BCUT2D eigenvalue weighted by atomic mass is 10.0. The molecule has 136 valence electrons. The van der Waals surface area contributed by atoms with E-state index in [2.05, 4.69) is 20.4 Å². The van der Waals surface area contributed by atoms with Crippen LogP contribution in [0.5, 0.6) is 0 Å². The van der Waals surface area contributed by atoms with E-state index in [4.69, 9.17) is 0 Å². The zero-order chi connectivity index (χ0) is 18.1. The van der Waals surface area contributed by atoms with Gasteiger partial charge in [0.25, 0.3) is 5.56 Å². The van der Waals surface area contributed by atoms with Gasteiger partial charge in [-0.2, -0.15) is 5.10 Å². The second kappa shape index (κ2) is 6.99. The van der Waals surface area contributed by atoms with Crippen LogP contribution < -0.4 is 10.9 Å². The average molecular weight is 372 g/mol. The van der Waals surface area contributed by atoms with Gasteiger partial charge in [-0.15, -0.1) is 11.3 Å². The summed E-state index contributed by atoms with van der Waals surface area (Å²) in [6.45, 7) is 0.466. The summed E-state index contributed by atoms with van der Waals surface area (Å²) < 4.78 is 2.84. The number of rotatable bonds is 5. The predicted molar refractivity (Wildman–Crippen MR) is 98.2 cm³/mol. The van der Waals surface area contributed by atoms with Gasteiger partial charge in [0.2, 0.25) is 5.91 Å². The van der Waals surface area contributed by atoms with Crippen molar-refractivity contribution in [2.75, 3.05) is 6.54 Å². The molecule has 1 aliphatic carbocycles. The van der Waals surface area contributed by atoms with Crippen LogP contribution in [-0.2, 0) is 37.6 Å². The molecule has 8 nitrogen and oxygen atoms in total. The molecule has 4 rings (SSSR count). The third-order valence-corrected chi connectivity index (χ3v) is 5.80. The molecule has 0 bridgehead atoms. The molecule has 0 saturated carbocycles. The summed E-state index contributed by atoms with van der Waals surface area (Å²) in [7, 11) is 1.72. The number of carbonyl (C=O) groups excluding carboxylic acids is 1. The molecule has 3 aromatic rings. The first-order chi connectivity index (χ1) is 12.6. The molecule has 0 fully saturated rings. The summed E-state index contributed by atoms with van der Waals surface area (Å²) in [5.74, 6) is -0.210. The number of hydrogen-bond acceptors (Lipinski definition) is 6. The van der Waals surface area contributed by atoms with Gasteiger partial charge in [0, 0.05) is 24.9 Å².